The lowest BCUT2D eigenvalue weighted by atomic mass is 10.0. The van der Waals surface area contributed by atoms with Crippen molar-refractivity contribution < 1.29 is 22.3 Å². The molecule has 0 saturated carbocycles. The van der Waals surface area contributed by atoms with Crippen LogP contribution in [0.15, 0.2) is 0 Å². The van der Waals surface area contributed by atoms with Gasteiger partial charge in [0, 0.05) is 6.04 Å². The van der Waals surface area contributed by atoms with Crippen LogP contribution in [0.2, 0.25) is 0 Å². The Kier molecular flexibility index (Phi) is 6.90. The second-order valence-electron chi connectivity index (χ2n) is 4.09. The lowest BCUT2D eigenvalue weighted by molar-refractivity contribution is -0.166. The second kappa shape index (κ2) is 7.06. The monoisotopic (exact) mass is 245 g/mol. The van der Waals surface area contributed by atoms with Crippen LogP contribution >= 0.6 is 0 Å². The van der Waals surface area contributed by atoms with Gasteiger partial charge in [0.2, 0.25) is 0 Å². The zero-order valence-corrected chi connectivity index (χ0v) is 9.56. The molecule has 0 heterocycles. The number of halogens is 4. The summed E-state index contributed by atoms with van der Waals surface area (Å²) in [5.41, 5.74) is 5.60. The average Bonchev–Trinajstić information content (AvgIpc) is 2.16. The van der Waals surface area contributed by atoms with E-state index in [2.05, 4.69) is 4.74 Å². The predicted molar refractivity (Wildman–Crippen MR) is 53.8 cm³/mol. The van der Waals surface area contributed by atoms with Gasteiger partial charge in [-0.1, -0.05) is 20.3 Å². The van der Waals surface area contributed by atoms with Crippen molar-refractivity contribution in [2.45, 2.75) is 45.1 Å². The average molecular weight is 245 g/mol. The summed E-state index contributed by atoms with van der Waals surface area (Å²) < 4.78 is 52.8. The van der Waals surface area contributed by atoms with Gasteiger partial charge in [0.15, 0.2) is 0 Å². The van der Waals surface area contributed by atoms with Crippen LogP contribution < -0.4 is 5.73 Å². The normalized spacial score (nSPS) is 16.5. The summed E-state index contributed by atoms with van der Waals surface area (Å²) in [7, 11) is 0. The summed E-state index contributed by atoms with van der Waals surface area (Å²) >= 11 is 0. The summed E-state index contributed by atoms with van der Waals surface area (Å²) in [5, 5.41) is 0. The first-order valence-corrected chi connectivity index (χ1v) is 5.28. The lowest BCUT2D eigenvalue weighted by Gasteiger charge is -2.19. The zero-order valence-electron chi connectivity index (χ0n) is 9.56. The molecule has 0 aromatic rings. The van der Waals surface area contributed by atoms with Crippen LogP contribution in [-0.2, 0) is 4.74 Å². The first-order valence-electron chi connectivity index (χ1n) is 5.28. The van der Waals surface area contributed by atoms with Crippen LogP contribution in [0.4, 0.5) is 17.6 Å². The molecule has 2 atom stereocenters. The summed E-state index contributed by atoms with van der Waals surface area (Å²) in [6, 6.07) is -0.386. The van der Waals surface area contributed by atoms with Gasteiger partial charge >= 0.3 is 12.3 Å². The quantitative estimate of drug-likeness (QED) is 0.667. The fourth-order valence-corrected chi connectivity index (χ4v) is 1.16. The summed E-state index contributed by atoms with van der Waals surface area (Å²) in [6.07, 6.45) is -2.13. The highest BCUT2D eigenvalue weighted by Crippen LogP contribution is 2.22. The Hall–Kier alpha value is -0.360. The maximum absolute atomic E-state index is 12.4. The number of rotatable bonds is 8. The van der Waals surface area contributed by atoms with E-state index in [0.29, 0.717) is 12.3 Å². The second-order valence-corrected chi connectivity index (χ2v) is 4.09. The van der Waals surface area contributed by atoms with E-state index in [1.165, 1.54) is 0 Å². The molecular weight excluding hydrogens is 226 g/mol. The molecule has 2 nitrogen and oxygen atoms in total. The van der Waals surface area contributed by atoms with Gasteiger partial charge in [-0.2, -0.15) is 8.78 Å². The molecule has 2 N–H and O–H groups in total. The molecule has 0 fully saturated rings. The molecule has 0 saturated heterocycles. The molecule has 2 unspecified atom stereocenters. The van der Waals surface area contributed by atoms with E-state index in [1.807, 2.05) is 13.8 Å². The number of hydrogen-bond acceptors (Lipinski definition) is 2. The minimum atomic E-state index is -4.09. The molecule has 0 amide bonds. The van der Waals surface area contributed by atoms with Crippen LogP contribution in [0.1, 0.15) is 26.7 Å². The zero-order chi connectivity index (χ0) is 12.8. The highest BCUT2D eigenvalue weighted by atomic mass is 19.3. The fraction of sp³-hybridized carbons (Fsp3) is 1.00. The maximum atomic E-state index is 12.4. The third kappa shape index (κ3) is 6.27. The molecule has 0 aromatic heterocycles. The minimum absolute atomic E-state index is 0.118. The summed E-state index contributed by atoms with van der Waals surface area (Å²) in [5.74, 6) is -3.72. The van der Waals surface area contributed by atoms with Crippen molar-refractivity contribution in [2.24, 2.45) is 11.7 Å². The van der Waals surface area contributed by atoms with E-state index < -0.39 is 19.0 Å². The predicted octanol–water partition coefficient (Wildman–Crippen LogP) is 2.67. The van der Waals surface area contributed by atoms with Crippen LogP contribution in [0, 0.1) is 5.92 Å². The molecule has 0 aliphatic rings. The first-order chi connectivity index (χ1) is 7.29. The van der Waals surface area contributed by atoms with Gasteiger partial charge in [-0.15, -0.1) is 0 Å². The highest BCUT2D eigenvalue weighted by Gasteiger charge is 2.41. The summed E-state index contributed by atoms with van der Waals surface area (Å²) in [6.45, 7) is 2.57. The van der Waals surface area contributed by atoms with Crippen molar-refractivity contribution in [1.82, 2.24) is 0 Å². The SMILES string of the molecule is CCC(C)CC(N)COCC(F)(F)C(F)F. The van der Waals surface area contributed by atoms with Gasteiger partial charge in [-0.3, -0.25) is 0 Å². The van der Waals surface area contributed by atoms with E-state index in [0.717, 1.165) is 6.42 Å². The standard InChI is InChI=1S/C10H19F4NO/c1-3-7(2)4-8(15)5-16-6-10(13,14)9(11)12/h7-9H,3-6,15H2,1-2H3. The van der Waals surface area contributed by atoms with E-state index >= 15 is 0 Å². The Morgan fingerprint density at radius 2 is 1.88 bits per heavy atom. The number of ether oxygens (including phenoxy) is 1. The molecule has 0 aliphatic carbocycles. The molecule has 0 aliphatic heterocycles. The van der Waals surface area contributed by atoms with Crippen LogP contribution in [0.5, 0.6) is 0 Å². The molecule has 0 spiro atoms. The van der Waals surface area contributed by atoms with Crippen LogP contribution in [-0.4, -0.2) is 31.6 Å². The Morgan fingerprint density at radius 1 is 1.31 bits per heavy atom. The molecule has 0 radical (unpaired) electrons. The minimum Gasteiger partial charge on any atom is -0.373 e. The Labute approximate surface area is 93.1 Å². The fourth-order valence-electron chi connectivity index (χ4n) is 1.16. The van der Waals surface area contributed by atoms with Gasteiger partial charge in [0.05, 0.1) is 6.61 Å². The topological polar surface area (TPSA) is 35.2 Å². The molecule has 0 aromatic carbocycles. The van der Waals surface area contributed by atoms with Crippen LogP contribution in [0.3, 0.4) is 0 Å². The van der Waals surface area contributed by atoms with E-state index in [4.69, 9.17) is 5.73 Å². The Balaban J connectivity index is 3.73. The van der Waals surface area contributed by atoms with Gasteiger partial charge < -0.3 is 10.5 Å². The maximum Gasteiger partial charge on any atom is 0.330 e. The first kappa shape index (κ1) is 15.6. The van der Waals surface area contributed by atoms with Crippen molar-refractivity contribution in [1.29, 1.82) is 0 Å². The molecule has 98 valence electrons. The van der Waals surface area contributed by atoms with Crippen molar-refractivity contribution in [3.63, 3.8) is 0 Å². The van der Waals surface area contributed by atoms with Crippen LogP contribution in [0.25, 0.3) is 0 Å². The molecule has 0 rings (SSSR count). The van der Waals surface area contributed by atoms with Gasteiger partial charge in [-0.25, -0.2) is 8.78 Å². The lowest BCUT2D eigenvalue weighted by Crippen LogP contribution is -2.35. The van der Waals surface area contributed by atoms with Gasteiger partial charge in [0.1, 0.15) is 6.61 Å². The van der Waals surface area contributed by atoms with E-state index in [1.54, 1.807) is 0 Å². The third-order valence-electron chi connectivity index (χ3n) is 2.35. The molecule has 6 heteroatoms. The Morgan fingerprint density at radius 3 is 2.31 bits per heavy atom. The molecular formula is C10H19F4NO. The molecule has 16 heavy (non-hydrogen) atoms. The summed E-state index contributed by atoms with van der Waals surface area (Å²) in [4.78, 5) is 0. The Bertz CT molecular complexity index is 190. The third-order valence-corrected chi connectivity index (χ3v) is 2.35. The van der Waals surface area contributed by atoms with Crippen molar-refractivity contribution in [2.75, 3.05) is 13.2 Å². The smallest absolute Gasteiger partial charge is 0.330 e. The van der Waals surface area contributed by atoms with Crippen molar-refractivity contribution in [3.8, 4) is 0 Å². The molecule has 0 bridgehead atoms. The van der Waals surface area contributed by atoms with Gasteiger partial charge in [0.25, 0.3) is 0 Å². The number of alkyl halides is 4. The van der Waals surface area contributed by atoms with Crippen molar-refractivity contribution in [3.05, 3.63) is 0 Å². The highest BCUT2D eigenvalue weighted by molar-refractivity contribution is 4.69. The van der Waals surface area contributed by atoms with Gasteiger partial charge in [-0.05, 0) is 12.3 Å². The number of hydrogen-bond donors (Lipinski definition) is 1. The largest absolute Gasteiger partial charge is 0.373 e. The number of nitrogens with two attached hydrogens (primary N) is 1. The van der Waals surface area contributed by atoms with Crippen molar-refractivity contribution >= 4 is 0 Å². The van der Waals surface area contributed by atoms with E-state index in [9.17, 15) is 17.6 Å². The van der Waals surface area contributed by atoms with E-state index in [-0.39, 0.29) is 12.6 Å².